The van der Waals surface area contributed by atoms with E-state index in [1.807, 2.05) is 0 Å². The zero-order valence-corrected chi connectivity index (χ0v) is 22.9. The van der Waals surface area contributed by atoms with E-state index >= 15 is 0 Å². The Hall–Kier alpha value is -4.84. The van der Waals surface area contributed by atoms with Gasteiger partial charge in [0.15, 0.2) is 23.5 Å². The molecule has 12 heteroatoms. The first kappa shape index (κ1) is 27.0. The predicted octanol–water partition coefficient (Wildman–Crippen LogP) is 1.56. The summed E-state index contributed by atoms with van der Waals surface area (Å²) in [4.78, 5) is 80.6. The lowest BCUT2D eigenvalue weighted by atomic mass is 9.54. The van der Waals surface area contributed by atoms with Crippen LogP contribution in [0.4, 0.5) is 0 Å². The van der Waals surface area contributed by atoms with E-state index in [-0.39, 0.29) is 40.8 Å². The Kier molecular flexibility index (Phi) is 5.26. The summed E-state index contributed by atoms with van der Waals surface area (Å²) in [6.07, 6.45) is 0.338. The molecule has 220 valence electrons. The van der Waals surface area contributed by atoms with Gasteiger partial charge in [-0.1, -0.05) is 12.2 Å². The third kappa shape index (κ3) is 3.08. The van der Waals surface area contributed by atoms with E-state index in [0.717, 1.165) is 7.11 Å². The highest BCUT2D eigenvalue weighted by atomic mass is 16.6. The smallest absolute Gasteiger partial charge is 0.354 e. The van der Waals surface area contributed by atoms with Crippen molar-refractivity contribution in [2.75, 3.05) is 7.11 Å². The van der Waals surface area contributed by atoms with E-state index in [1.54, 1.807) is 6.92 Å². The Labute approximate surface area is 242 Å². The minimum atomic E-state index is -2.94. The molecule has 3 N–H and O–H groups in total. The summed E-state index contributed by atoms with van der Waals surface area (Å²) in [6.45, 7) is 1.60. The largest absolute Gasteiger partial charge is 0.507 e. The van der Waals surface area contributed by atoms with Crippen molar-refractivity contribution in [2.45, 2.75) is 55.8 Å². The minimum Gasteiger partial charge on any atom is -0.507 e. The number of fused-ring (bicyclic) bond motifs is 2. The molecule has 0 aromatic heterocycles. The van der Waals surface area contributed by atoms with Gasteiger partial charge in [0.25, 0.3) is 0 Å². The molecule has 0 saturated carbocycles. The average molecular weight is 589 g/mol. The number of ketones is 4. The molecule has 2 heterocycles. The quantitative estimate of drug-likeness (QED) is 0.261. The summed E-state index contributed by atoms with van der Waals surface area (Å²) < 4.78 is 16.3. The van der Waals surface area contributed by atoms with Crippen molar-refractivity contribution in [1.29, 1.82) is 0 Å². The first-order chi connectivity index (χ1) is 20.3. The predicted molar refractivity (Wildman–Crippen MR) is 141 cm³/mol. The minimum absolute atomic E-state index is 0.0214. The number of benzene rings is 2. The number of ether oxygens (including phenoxy) is 3. The maximum Gasteiger partial charge on any atom is 0.354 e. The standard InChI is InChI=1S/C31H24O12/c1-12-7-15-22(16(32)8-12)27(38)31(40)26(37)14-5-6-29(31,25(15)36)10-13-9-18-23(24(35)21(13)14)17(33)11-30(43-18,28(39)41-2)19-3-4-20(34)42-19/h5-9,14,19,32,35,40H,3-4,10-11H2,1-2H3/t14-,19-,29+,30-,31+/m1/s1. The van der Waals surface area contributed by atoms with Crippen LogP contribution in [0.2, 0.25) is 0 Å². The number of hydrogen-bond acceptors (Lipinski definition) is 12. The third-order valence-corrected chi connectivity index (χ3v) is 9.42. The van der Waals surface area contributed by atoms with Gasteiger partial charge in [0.1, 0.15) is 22.8 Å². The molecule has 2 aromatic rings. The van der Waals surface area contributed by atoms with Gasteiger partial charge >= 0.3 is 11.9 Å². The molecule has 5 atom stereocenters. The number of aliphatic hydroxyl groups is 1. The number of aryl methyl sites for hydroxylation is 1. The second kappa shape index (κ2) is 8.38. The highest BCUT2D eigenvalue weighted by Crippen LogP contribution is 2.59. The van der Waals surface area contributed by atoms with Crippen molar-refractivity contribution in [3.63, 3.8) is 0 Å². The van der Waals surface area contributed by atoms with Crippen molar-refractivity contribution < 1.29 is 58.3 Å². The van der Waals surface area contributed by atoms with Crippen LogP contribution in [-0.4, -0.2) is 74.8 Å². The van der Waals surface area contributed by atoms with Gasteiger partial charge in [-0.25, -0.2) is 4.79 Å². The molecule has 2 aromatic carbocycles. The van der Waals surface area contributed by atoms with Crippen molar-refractivity contribution in [3.05, 3.63) is 63.7 Å². The molecular weight excluding hydrogens is 564 g/mol. The van der Waals surface area contributed by atoms with E-state index in [9.17, 15) is 44.1 Å². The van der Waals surface area contributed by atoms with Crippen molar-refractivity contribution in [2.24, 2.45) is 5.41 Å². The number of allylic oxidation sites excluding steroid dienone is 1. The van der Waals surface area contributed by atoms with Crippen molar-refractivity contribution in [3.8, 4) is 17.2 Å². The topological polar surface area (TPSA) is 191 Å². The molecule has 43 heavy (non-hydrogen) atoms. The normalized spacial score (nSPS) is 31.8. The van der Waals surface area contributed by atoms with E-state index in [2.05, 4.69) is 0 Å². The summed E-state index contributed by atoms with van der Waals surface area (Å²) in [5.74, 6) is -8.34. The Bertz CT molecular complexity index is 1800. The Morgan fingerprint density at radius 3 is 2.44 bits per heavy atom. The number of aromatic hydroxyl groups is 2. The first-order valence-electron chi connectivity index (χ1n) is 13.6. The number of carbonyl (C=O) groups is 6. The fraction of sp³-hybridized carbons (Fsp3) is 0.355. The zero-order chi connectivity index (χ0) is 30.8. The maximum atomic E-state index is 14.2. The maximum absolute atomic E-state index is 14.2. The lowest BCUT2D eigenvalue weighted by Gasteiger charge is -2.47. The van der Waals surface area contributed by atoms with Gasteiger partial charge in [0.05, 0.1) is 30.4 Å². The fourth-order valence-electron chi connectivity index (χ4n) is 7.43. The highest BCUT2D eigenvalue weighted by Gasteiger charge is 2.71. The SMILES string of the molecule is COC(=O)[C@]1([C@H]2CCC(=O)O2)CC(=O)c2c(cc3c(c2O)[C@H]2C=C[C@]4(C3)C(=O)c3cc(C)cc(O)c3C(=O)[C@@]4(O)C2=O)O1. The number of phenolic OH excluding ortho intramolecular Hbond substituents is 2. The van der Waals surface area contributed by atoms with Gasteiger partial charge in [-0.2, -0.15) is 0 Å². The number of Topliss-reactive ketones (excluding diaryl/α,β-unsaturated/α-hetero) is 4. The monoisotopic (exact) mass is 588 g/mol. The van der Waals surface area contributed by atoms with E-state index in [1.165, 1.54) is 30.4 Å². The molecule has 1 spiro atoms. The Morgan fingerprint density at radius 1 is 1.02 bits per heavy atom. The van der Waals surface area contributed by atoms with Crippen LogP contribution < -0.4 is 4.74 Å². The number of carbonyl (C=O) groups excluding carboxylic acids is 6. The molecule has 4 aliphatic carbocycles. The summed E-state index contributed by atoms with van der Waals surface area (Å²) >= 11 is 0. The molecule has 0 unspecified atom stereocenters. The van der Waals surface area contributed by atoms with Crippen molar-refractivity contribution >= 4 is 35.1 Å². The molecule has 6 aliphatic rings. The van der Waals surface area contributed by atoms with Gasteiger partial charge in [0, 0.05) is 17.5 Å². The van der Waals surface area contributed by atoms with Crippen LogP contribution in [0.15, 0.2) is 30.4 Å². The van der Waals surface area contributed by atoms with E-state index in [0.29, 0.717) is 5.56 Å². The molecule has 1 saturated heterocycles. The molecule has 2 aliphatic heterocycles. The van der Waals surface area contributed by atoms with Gasteiger partial charge in [0.2, 0.25) is 17.0 Å². The van der Waals surface area contributed by atoms with Gasteiger partial charge < -0.3 is 29.5 Å². The Morgan fingerprint density at radius 2 is 1.77 bits per heavy atom. The second-order valence-corrected chi connectivity index (χ2v) is 11.7. The van der Waals surface area contributed by atoms with Crippen LogP contribution in [0.25, 0.3) is 0 Å². The van der Waals surface area contributed by atoms with E-state index in [4.69, 9.17) is 14.2 Å². The second-order valence-electron chi connectivity index (χ2n) is 11.7. The van der Waals surface area contributed by atoms with E-state index < -0.39 is 93.6 Å². The molecular formula is C31H24O12. The molecule has 8 rings (SSSR count). The summed E-state index contributed by atoms with van der Waals surface area (Å²) in [6, 6.07) is 3.92. The molecule has 12 nitrogen and oxygen atoms in total. The number of rotatable bonds is 2. The highest BCUT2D eigenvalue weighted by molar-refractivity contribution is 6.32. The van der Waals surface area contributed by atoms with Gasteiger partial charge in [-0.15, -0.1) is 0 Å². The summed E-state index contributed by atoms with van der Waals surface area (Å²) in [5.41, 5.74) is -7.69. The number of methoxy groups -OCH3 is 1. The Balaban J connectivity index is 1.44. The van der Waals surface area contributed by atoms with Crippen LogP contribution in [0.5, 0.6) is 17.2 Å². The van der Waals surface area contributed by atoms with Crippen LogP contribution in [-0.2, 0) is 30.3 Å². The van der Waals surface area contributed by atoms with Crippen molar-refractivity contribution in [1.82, 2.24) is 0 Å². The van der Waals surface area contributed by atoms with Gasteiger partial charge in [-0.3, -0.25) is 24.0 Å². The van der Waals surface area contributed by atoms with Crippen LogP contribution >= 0.6 is 0 Å². The lowest BCUT2D eigenvalue weighted by molar-refractivity contribution is -0.175. The summed E-state index contributed by atoms with van der Waals surface area (Å²) in [5, 5.41) is 34.1. The number of esters is 2. The summed E-state index contributed by atoms with van der Waals surface area (Å²) in [7, 11) is 1.08. The lowest BCUT2D eigenvalue weighted by Crippen LogP contribution is -2.67. The third-order valence-electron chi connectivity index (χ3n) is 9.42. The number of cyclic esters (lactones) is 1. The fourth-order valence-corrected chi connectivity index (χ4v) is 7.43. The zero-order valence-electron chi connectivity index (χ0n) is 22.9. The average Bonchev–Trinajstić information content (AvgIpc) is 3.29. The number of hydrogen-bond donors (Lipinski definition) is 3. The first-order valence-corrected chi connectivity index (χ1v) is 13.6. The molecule has 2 bridgehead atoms. The number of phenols is 2. The van der Waals surface area contributed by atoms with Crippen LogP contribution in [0, 0.1) is 12.3 Å². The molecule has 0 amide bonds. The molecule has 0 radical (unpaired) electrons. The van der Waals surface area contributed by atoms with Crippen LogP contribution in [0.3, 0.4) is 0 Å². The molecule has 1 fully saturated rings. The van der Waals surface area contributed by atoms with Crippen LogP contribution in [0.1, 0.15) is 72.9 Å². The van der Waals surface area contributed by atoms with Gasteiger partial charge in [-0.05, 0) is 49.1 Å².